The number of halogens is 1. The van der Waals surface area contributed by atoms with Gasteiger partial charge in [-0.3, -0.25) is 4.79 Å². The summed E-state index contributed by atoms with van der Waals surface area (Å²) in [5.41, 5.74) is 0.0693. The summed E-state index contributed by atoms with van der Waals surface area (Å²) in [5, 5.41) is 11.6. The molecule has 0 fully saturated rings. The van der Waals surface area contributed by atoms with Gasteiger partial charge in [0.2, 0.25) is 5.91 Å². The van der Waals surface area contributed by atoms with Crippen LogP contribution in [-0.2, 0) is 11.3 Å². The molecule has 1 rings (SSSR count). The van der Waals surface area contributed by atoms with Crippen LogP contribution in [0.3, 0.4) is 0 Å². The summed E-state index contributed by atoms with van der Waals surface area (Å²) in [6.45, 7) is 3.53. The van der Waals surface area contributed by atoms with Gasteiger partial charge in [-0.1, -0.05) is 18.2 Å². The van der Waals surface area contributed by atoms with Gasteiger partial charge in [0.15, 0.2) is 0 Å². The third-order valence-corrected chi connectivity index (χ3v) is 1.97. The highest BCUT2D eigenvalue weighted by Crippen LogP contribution is 2.02. The van der Waals surface area contributed by atoms with Gasteiger partial charge in [0.1, 0.15) is 12.2 Å². The van der Waals surface area contributed by atoms with E-state index < -0.39 is 5.97 Å². The van der Waals surface area contributed by atoms with E-state index in [0.717, 1.165) is 0 Å². The van der Waals surface area contributed by atoms with E-state index in [1.165, 1.54) is 16.8 Å². The Labute approximate surface area is 97.3 Å². The molecule has 0 saturated carbocycles. The Balaban J connectivity index is 2.59. The molecule has 1 heterocycles. The maximum absolute atomic E-state index is 11.4. The van der Waals surface area contributed by atoms with E-state index in [-0.39, 0.29) is 24.7 Å². The summed E-state index contributed by atoms with van der Waals surface area (Å²) in [5.74, 6) is -1.39. The Kier molecular flexibility index (Phi) is 4.13. The first-order valence-electron chi connectivity index (χ1n) is 4.49. The number of nitrogens with zero attached hydrogens (tertiary/aromatic N) is 1. The van der Waals surface area contributed by atoms with Gasteiger partial charge in [-0.15, -0.1) is 0 Å². The van der Waals surface area contributed by atoms with E-state index in [9.17, 15) is 9.59 Å². The number of rotatable bonds is 5. The molecule has 0 aliphatic carbocycles. The average molecular weight is 243 g/mol. The fraction of sp³-hybridized carbons (Fsp3) is 0.200. The highest BCUT2D eigenvalue weighted by Gasteiger charge is 2.11. The van der Waals surface area contributed by atoms with Crippen molar-refractivity contribution in [2.24, 2.45) is 0 Å². The van der Waals surface area contributed by atoms with E-state index >= 15 is 0 Å². The Bertz CT molecular complexity index is 425. The van der Waals surface area contributed by atoms with Gasteiger partial charge >= 0.3 is 5.97 Å². The second-order valence-corrected chi connectivity index (χ2v) is 3.65. The molecule has 0 aliphatic rings. The van der Waals surface area contributed by atoms with Crippen molar-refractivity contribution >= 4 is 23.5 Å². The van der Waals surface area contributed by atoms with Gasteiger partial charge in [-0.2, -0.15) is 0 Å². The first kappa shape index (κ1) is 12.3. The molecule has 2 N–H and O–H groups in total. The van der Waals surface area contributed by atoms with Gasteiger partial charge < -0.3 is 15.0 Å². The lowest BCUT2D eigenvalue weighted by Gasteiger charge is -2.06. The smallest absolute Gasteiger partial charge is 0.352 e. The number of carboxylic acids is 1. The second kappa shape index (κ2) is 5.37. The van der Waals surface area contributed by atoms with Gasteiger partial charge in [-0.25, -0.2) is 4.79 Å². The van der Waals surface area contributed by atoms with Crippen molar-refractivity contribution in [3.8, 4) is 0 Å². The number of carbonyl (C=O) groups is 2. The zero-order valence-electron chi connectivity index (χ0n) is 8.44. The lowest BCUT2D eigenvalue weighted by Crippen LogP contribution is -2.29. The van der Waals surface area contributed by atoms with Gasteiger partial charge in [0, 0.05) is 11.2 Å². The van der Waals surface area contributed by atoms with Crippen molar-refractivity contribution in [1.82, 2.24) is 9.88 Å². The zero-order chi connectivity index (χ0) is 12.1. The lowest BCUT2D eigenvalue weighted by atomic mass is 10.4. The van der Waals surface area contributed by atoms with Crippen LogP contribution in [0, 0.1) is 0 Å². The Morgan fingerprint density at radius 3 is 2.81 bits per heavy atom. The molecule has 1 aromatic rings. The van der Waals surface area contributed by atoms with Gasteiger partial charge in [0.05, 0.1) is 6.54 Å². The number of nitrogens with one attached hydrogen (secondary N) is 1. The summed E-state index contributed by atoms with van der Waals surface area (Å²) in [7, 11) is 0. The summed E-state index contributed by atoms with van der Waals surface area (Å²) >= 11 is 5.48. The number of hydrogen-bond acceptors (Lipinski definition) is 2. The van der Waals surface area contributed by atoms with Crippen LogP contribution in [0.15, 0.2) is 29.9 Å². The second-order valence-electron chi connectivity index (χ2n) is 3.12. The topological polar surface area (TPSA) is 71.3 Å². The minimum atomic E-state index is -1.07. The average Bonchev–Trinajstić information content (AvgIpc) is 2.62. The fourth-order valence-electron chi connectivity index (χ4n) is 1.15. The maximum Gasteiger partial charge on any atom is 0.352 e. The number of carbonyl (C=O) groups excluding carboxylic acids is 1. The molecule has 0 unspecified atom stereocenters. The van der Waals surface area contributed by atoms with E-state index in [0.29, 0.717) is 5.03 Å². The first-order chi connectivity index (χ1) is 7.50. The molecule has 1 amide bonds. The van der Waals surface area contributed by atoms with E-state index in [4.69, 9.17) is 16.7 Å². The van der Waals surface area contributed by atoms with Crippen LogP contribution in [0.1, 0.15) is 10.5 Å². The van der Waals surface area contributed by atoms with Crippen molar-refractivity contribution in [3.05, 3.63) is 35.6 Å². The standard InChI is InChI=1S/C10H11ClN2O3/c1-7(11)5-12-9(14)6-13-4-2-3-8(13)10(15)16/h2-4H,1,5-6H2,(H,12,14)(H,15,16). The van der Waals surface area contributed by atoms with Crippen molar-refractivity contribution < 1.29 is 14.7 Å². The Hall–Kier alpha value is -1.75. The molecule has 5 nitrogen and oxygen atoms in total. The molecule has 86 valence electrons. The third-order valence-electron chi connectivity index (χ3n) is 1.84. The minimum absolute atomic E-state index is 0.0567. The molecule has 1 aromatic heterocycles. The van der Waals surface area contributed by atoms with Gasteiger partial charge in [-0.05, 0) is 12.1 Å². The van der Waals surface area contributed by atoms with Crippen LogP contribution in [-0.4, -0.2) is 28.1 Å². The molecule has 16 heavy (non-hydrogen) atoms. The maximum atomic E-state index is 11.4. The first-order valence-corrected chi connectivity index (χ1v) is 4.87. The van der Waals surface area contributed by atoms with Gasteiger partial charge in [0.25, 0.3) is 0 Å². The predicted octanol–water partition coefficient (Wildman–Crippen LogP) is 1.06. The number of aromatic nitrogens is 1. The van der Waals surface area contributed by atoms with E-state index in [1.807, 2.05) is 0 Å². The molecule has 6 heteroatoms. The molecular weight excluding hydrogens is 232 g/mol. The number of hydrogen-bond donors (Lipinski definition) is 2. The minimum Gasteiger partial charge on any atom is -0.477 e. The molecule has 0 aliphatic heterocycles. The lowest BCUT2D eigenvalue weighted by molar-refractivity contribution is -0.121. The van der Waals surface area contributed by atoms with Crippen LogP contribution in [0.4, 0.5) is 0 Å². The van der Waals surface area contributed by atoms with E-state index in [1.54, 1.807) is 6.07 Å². The third kappa shape index (κ3) is 3.43. The summed E-state index contributed by atoms with van der Waals surface area (Å²) in [6, 6.07) is 2.99. The SMILES string of the molecule is C=C(Cl)CNC(=O)Cn1cccc1C(=O)O. The van der Waals surface area contributed by atoms with Crippen LogP contribution in [0.5, 0.6) is 0 Å². The molecule has 0 radical (unpaired) electrons. The highest BCUT2D eigenvalue weighted by molar-refractivity contribution is 6.29. The summed E-state index contributed by atoms with van der Waals surface area (Å²) in [4.78, 5) is 22.1. The van der Waals surface area contributed by atoms with Crippen molar-refractivity contribution in [2.45, 2.75) is 6.54 Å². The summed E-state index contributed by atoms with van der Waals surface area (Å²) in [6.07, 6.45) is 1.53. The van der Waals surface area contributed by atoms with Crippen LogP contribution in [0.25, 0.3) is 0 Å². The Morgan fingerprint density at radius 1 is 1.56 bits per heavy atom. The van der Waals surface area contributed by atoms with E-state index in [2.05, 4.69) is 11.9 Å². The molecule has 0 bridgehead atoms. The van der Waals surface area contributed by atoms with Crippen molar-refractivity contribution in [3.63, 3.8) is 0 Å². The number of carboxylic acid groups (broad SMARTS) is 1. The van der Waals surface area contributed by atoms with Crippen LogP contribution < -0.4 is 5.32 Å². The monoisotopic (exact) mass is 242 g/mol. The number of amides is 1. The fourth-order valence-corrected chi connectivity index (χ4v) is 1.22. The Morgan fingerprint density at radius 2 is 2.25 bits per heavy atom. The van der Waals surface area contributed by atoms with Crippen LogP contribution >= 0.6 is 11.6 Å². The van der Waals surface area contributed by atoms with Crippen LogP contribution in [0.2, 0.25) is 0 Å². The quantitative estimate of drug-likeness (QED) is 0.811. The molecule has 0 aromatic carbocycles. The zero-order valence-corrected chi connectivity index (χ0v) is 9.20. The summed E-state index contributed by atoms with van der Waals surface area (Å²) < 4.78 is 1.34. The predicted molar refractivity (Wildman–Crippen MR) is 59.4 cm³/mol. The van der Waals surface area contributed by atoms with Crippen molar-refractivity contribution in [2.75, 3.05) is 6.54 Å². The number of aromatic carboxylic acids is 1. The highest BCUT2D eigenvalue weighted by atomic mass is 35.5. The molecule has 0 saturated heterocycles. The normalized spacial score (nSPS) is 9.81. The molecule has 0 spiro atoms. The van der Waals surface area contributed by atoms with Crippen molar-refractivity contribution in [1.29, 1.82) is 0 Å². The molecule has 0 atom stereocenters. The largest absolute Gasteiger partial charge is 0.477 e. The molecular formula is C10H11ClN2O3.